The first-order valence-corrected chi connectivity index (χ1v) is 12.2. The molecule has 1 aliphatic carbocycles. The maximum atomic E-state index is 13.3. The van der Waals surface area contributed by atoms with E-state index >= 15 is 0 Å². The van der Waals surface area contributed by atoms with Crippen LogP contribution in [0.4, 0.5) is 18.9 Å². The Morgan fingerprint density at radius 2 is 1.86 bits per heavy atom. The highest BCUT2D eigenvalue weighted by molar-refractivity contribution is 6.05. The number of halogens is 3. The van der Waals surface area contributed by atoms with Crippen molar-refractivity contribution in [3.8, 4) is 5.75 Å². The molecular formula is C24H30F3N5O5. The summed E-state index contributed by atoms with van der Waals surface area (Å²) in [6.07, 6.45) is -1.77. The minimum atomic E-state index is -4.64. The zero-order valence-electron chi connectivity index (χ0n) is 20.7. The zero-order valence-corrected chi connectivity index (χ0v) is 20.7. The fourth-order valence-corrected chi connectivity index (χ4v) is 4.49. The second-order valence-electron chi connectivity index (χ2n) is 9.40. The third-order valence-corrected chi connectivity index (χ3v) is 6.65. The summed E-state index contributed by atoms with van der Waals surface area (Å²) in [7, 11) is 1.52. The predicted octanol–water partition coefficient (Wildman–Crippen LogP) is 2.14. The lowest BCUT2D eigenvalue weighted by atomic mass is 10.0. The van der Waals surface area contributed by atoms with Gasteiger partial charge in [0.25, 0.3) is 5.91 Å². The Kier molecular flexibility index (Phi) is 7.62. The van der Waals surface area contributed by atoms with Crippen LogP contribution in [0.1, 0.15) is 48.8 Å². The molecule has 0 unspecified atom stereocenters. The summed E-state index contributed by atoms with van der Waals surface area (Å²) in [5.41, 5.74) is 1.06. The number of fused-ring (bicyclic) bond motifs is 1. The zero-order chi connectivity index (χ0) is 26.9. The molecule has 1 aliphatic heterocycles. The molecule has 13 heteroatoms. The number of rotatable bonds is 8. The molecule has 2 aromatic rings. The molecule has 2 fully saturated rings. The van der Waals surface area contributed by atoms with Crippen LogP contribution in [0, 0.1) is 5.92 Å². The molecule has 3 amide bonds. The molecule has 4 rings (SSSR count). The first-order chi connectivity index (χ1) is 17.5. The van der Waals surface area contributed by atoms with Gasteiger partial charge < -0.3 is 29.9 Å². The van der Waals surface area contributed by atoms with Gasteiger partial charge in [-0.1, -0.05) is 6.92 Å². The topological polar surface area (TPSA) is 126 Å². The summed E-state index contributed by atoms with van der Waals surface area (Å²) in [6.45, 7) is 0.313. The van der Waals surface area contributed by atoms with E-state index in [9.17, 15) is 27.6 Å². The number of hydrogen-bond acceptors (Lipinski definition) is 6. The van der Waals surface area contributed by atoms with Crippen molar-refractivity contribution in [2.75, 3.05) is 31.6 Å². The Morgan fingerprint density at radius 3 is 2.43 bits per heavy atom. The number of piperidine rings is 1. The Morgan fingerprint density at radius 1 is 1.19 bits per heavy atom. The minimum absolute atomic E-state index is 0.0856. The highest BCUT2D eigenvalue weighted by Gasteiger charge is 2.34. The number of nitrogens with zero attached hydrogens (tertiary/aromatic N) is 3. The molecule has 0 radical (unpaired) electrons. The van der Waals surface area contributed by atoms with Crippen molar-refractivity contribution in [3.05, 3.63) is 17.5 Å². The van der Waals surface area contributed by atoms with Crippen molar-refractivity contribution in [3.63, 3.8) is 0 Å². The number of pyridine rings is 1. The molecular weight excluding hydrogens is 495 g/mol. The number of aromatic nitrogens is 2. The Bertz CT molecular complexity index is 1200. The largest absolute Gasteiger partial charge is 0.481 e. The van der Waals surface area contributed by atoms with E-state index in [0.29, 0.717) is 43.7 Å². The van der Waals surface area contributed by atoms with Crippen LogP contribution in [0.5, 0.6) is 5.75 Å². The number of anilines is 1. The number of carbonyl (C=O) groups excluding carboxylic acids is 3. The number of carbonyl (C=O) groups is 3. The van der Waals surface area contributed by atoms with E-state index in [2.05, 4.69) is 15.6 Å². The molecule has 0 aromatic carbocycles. The monoisotopic (exact) mass is 525 g/mol. The smallest absolute Gasteiger partial charge is 0.422 e. The highest BCUT2D eigenvalue weighted by atomic mass is 19.4. The summed E-state index contributed by atoms with van der Waals surface area (Å²) in [6, 6.07) is 1.19. The Labute approximate surface area is 211 Å². The number of aliphatic hydroxyl groups excluding tert-OH is 1. The second kappa shape index (κ2) is 10.6. The molecule has 3 heterocycles. The summed E-state index contributed by atoms with van der Waals surface area (Å²) < 4.78 is 45.8. The van der Waals surface area contributed by atoms with Gasteiger partial charge in [-0.2, -0.15) is 13.2 Å². The molecule has 1 saturated carbocycles. The summed E-state index contributed by atoms with van der Waals surface area (Å²) in [5, 5.41) is 14.9. The summed E-state index contributed by atoms with van der Waals surface area (Å²) in [5.74, 6) is -1.56. The van der Waals surface area contributed by atoms with Crippen LogP contribution in [0.25, 0.3) is 11.0 Å². The van der Waals surface area contributed by atoms with E-state index < -0.39 is 31.2 Å². The number of nitrogens with one attached hydrogen (secondary N) is 2. The molecule has 37 heavy (non-hydrogen) atoms. The minimum Gasteiger partial charge on any atom is -0.481 e. The van der Waals surface area contributed by atoms with Crippen LogP contribution in [-0.2, 0) is 23.1 Å². The van der Waals surface area contributed by atoms with Crippen LogP contribution in [0.15, 0.2) is 6.07 Å². The van der Waals surface area contributed by atoms with E-state index in [0.717, 1.165) is 12.8 Å². The van der Waals surface area contributed by atoms with Crippen molar-refractivity contribution < 1.29 is 37.4 Å². The molecule has 0 bridgehead atoms. The Hall–Kier alpha value is -3.35. The van der Waals surface area contributed by atoms with Gasteiger partial charge in [-0.3, -0.25) is 14.4 Å². The summed E-state index contributed by atoms with van der Waals surface area (Å²) >= 11 is 0. The lowest BCUT2D eigenvalue weighted by molar-refractivity contribution is -0.153. The highest BCUT2D eigenvalue weighted by Crippen LogP contribution is 2.37. The molecule has 0 spiro atoms. The van der Waals surface area contributed by atoms with Gasteiger partial charge in [-0.05, 0) is 38.2 Å². The normalized spacial score (nSPS) is 16.6. The Balaban J connectivity index is 1.66. The first kappa shape index (κ1) is 26.7. The number of amides is 3. The predicted molar refractivity (Wildman–Crippen MR) is 127 cm³/mol. The van der Waals surface area contributed by atoms with Crippen LogP contribution < -0.4 is 15.4 Å². The molecule has 10 nitrogen and oxygen atoms in total. The van der Waals surface area contributed by atoms with E-state index in [1.54, 1.807) is 0 Å². The van der Waals surface area contributed by atoms with E-state index in [1.165, 1.54) is 22.6 Å². The van der Waals surface area contributed by atoms with Gasteiger partial charge in [0, 0.05) is 32.1 Å². The number of aliphatic hydroxyl groups is 1. The molecule has 202 valence electrons. The van der Waals surface area contributed by atoms with Crippen molar-refractivity contribution in [2.45, 2.75) is 51.2 Å². The lowest BCUT2D eigenvalue weighted by Gasteiger charge is -2.32. The maximum Gasteiger partial charge on any atom is 0.422 e. The fraction of sp³-hybridized carbons (Fsp3) is 0.583. The van der Waals surface area contributed by atoms with Crippen LogP contribution in [-0.4, -0.2) is 75.8 Å². The van der Waals surface area contributed by atoms with Crippen LogP contribution >= 0.6 is 0 Å². The standard InChI is InChI=1S/C24H30F3N5O5/c1-3-16-17(30-22(35)13-4-5-13)10-15-20(37-12-24(25,26)27)19(31(2)21(15)29-16)23(36)28-14-6-8-32(9-7-14)18(34)11-33/h10,13-14,33H,3-9,11-12H2,1-2H3,(H,28,36)(H,30,35). The van der Waals surface area contributed by atoms with Gasteiger partial charge in [0.2, 0.25) is 11.8 Å². The number of ether oxygens (including phenoxy) is 1. The average Bonchev–Trinajstić information content (AvgIpc) is 3.67. The van der Waals surface area contributed by atoms with Crippen molar-refractivity contribution in [1.29, 1.82) is 0 Å². The van der Waals surface area contributed by atoms with Gasteiger partial charge in [-0.25, -0.2) is 4.98 Å². The quantitative estimate of drug-likeness (QED) is 0.485. The fourth-order valence-electron chi connectivity index (χ4n) is 4.49. The number of hydrogen-bond donors (Lipinski definition) is 3. The average molecular weight is 526 g/mol. The molecule has 0 atom stereocenters. The van der Waals surface area contributed by atoms with Crippen LogP contribution in [0.3, 0.4) is 0 Å². The second-order valence-corrected chi connectivity index (χ2v) is 9.40. The van der Waals surface area contributed by atoms with E-state index in [4.69, 9.17) is 9.84 Å². The van der Waals surface area contributed by atoms with E-state index in [1.807, 2.05) is 6.92 Å². The molecule has 2 aromatic heterocycles. The molecule has 3 N–H and O–H groups in total. The van der Waals surface area contributed by atoms with Crippen LogP contribution in [0.2, 0.25) is 0 Å². The maximum absolute atomic E-state index is 13.3. The molecule has 2 aliphatic rings. The van der Waals surface area contributed by atoms with Gasteiger partial charge >= 0.3 is 6.18 Å². The van der Waals surface area contributed by atoms with Gasteiger partial charge in [0.05, 0.1) is 16.8 Å². The third kappa shape index (κ3) is 5.97. The SMILES string of the molecule is CCc1nc2c(cc1NC(=O)C1CC1)c(OCC(F)(F)F)c(C(=O)NC1CCN(C(=O)CO)CC1)n2C. The first-order valence-electron chi connectivity index (χ1n) is 12.2. The van der Waals surface area contributed by atoms with Gasteiger partial charge in [0.15, 0.2) is 18.1 Å². The third-order valence-electron chi connectivity index (χ3n) is 6.65. The number of aryl methyl sites for hydroxylation is 2. The number of likely N-dealkylation sites (tertiary alicyclic amines) is 1. The van der Waals surface area contributed by atoms with E-state index in [-0.39, 0.29) is 40.3 Å². The van der Waals surface area contributed by atoms with Gasteiger partial charge in [-0.15, -0.1) is 0 Å². The number of alkyl halides is 3. The van der Waals surface area contributed by atoms with Crippen molar-refractivity contribution in [1.82, 2.24) is 19.8 Å². The summed E-state index contributed by atoms with van der Waals surface area (Å²) in [4.78, 5) is 43.4. The molecule has 1 saturated heterocycles. The van der Waals surface area contributed by atoms with Crippen molar-refractivity contribution in [2.24, 2.45) is 13.0 Å². The van der Waals surface area contributed by atoms with Gasteiger partial charge in [0.1, 0.15) is 12.3 Å². The lowest BCUT2D eigenvalue weighted by Crippen LogP contribution is -2.47. The van der Waals surface area contributed by atoms with Crippen molar-refractivity contribution >= 4 is 34.4 Å².